The van der Waals surface area contributed by atoms with Crippen LogP contribution >= 0.6 is 0 Å². The van der Waals surface area contributed by atoms with E-state index in [9.17, 15) is 15.0 Å². The van der Waals surface area contributed by atoms with Gasteiger partial charge in [-0.25, -0.2) is 9.97 Å². The summed E-state index contributed by atoms with van der Waals surface area (Å²) in [5.41, 5.74) is 1.56. The summed E-state index contributed by atoms with van der Waals surface area (Å²) < 4.78 is 0. The highest BCUT2D eigenvalue weighted by molar-refractivity contribution is 5.95. The normalized spacial score (nSPS) is 11.9. The molecule has 2 rings (SSSR count). The number of phenolic OH excluding ortho intramolecular Hbond substituents is 1. The summed E-state index contributed by atoms with van der Waals surface area (Å²) in [4.78, 5) is 24.6. The van der Waals surface area contributed by atoms with Crippen LogP contribution in [0.4, 0.5) is 5.95 Å². The number of hydrogen-bond acceptors (Lipinski definition) is 6. The highest BCUT2D eigenvalue weighted by Gasteiger charge is 2.21. The van der Waals surface area contributed by atoms with E-state index in [1.54, 1.807) is 24.0 Å². The smallest absolute Gasteiger partial charge is 0.257 e. The van der Waals surface area contributed by atoms with Crippen LogP contribution in [-0.2, 0) is 0 Å². The number of rotatable bonds is 6. The third-order valence-electron chi connectivity index (χ3n) is 3.91. The zero-order valence-corrected chi connectivity index (χ0v) is 15.0. The number of aliphatic hydroxyl groups excluding tert-OH is 1. The first kappa shape index (κ1) is 18.7. The monoisotopic (exact) mass is 344 g/mol. The molecule has 7 nitrogen and oxygen atoms in total. The van der Waals surface area contributed by atoms with Crippen molar-refractivity contribution < 1.29 is 15.0 Å². The largest absolute Gasteiger partial charge is 0.508 e. The summed E-state index contributed by atoms with van der Waals surface area (Å²) in [6.45, 7) is 4.16. The van der Waals surface area contributed by atoms with Gasteiger partial charge in [0.05, 0.1) is 23.9 Å². The predicted molar refractivity (Wildman–Crippen MR) is 95.7 cm³/mol. The Bertz CT molecular complexity index is 749. The van der Waals surface area contributed by atoms with Crippen molar-refractivity contribution in [1.82, 2.24) is 14.9 Å². The number of aryl methyl sites for hydroxylation is 1. The number of carbonyl (C=O) groups is 1. The molecule has 0 bridgehead atoms. The first-order valence-corrected chi connectivity index (χ1v) is 8.10. The summed E-state index contributed by atoms with van der Waals surface area (Å²) in [6.07, 6.45) is 0.627. The molecule has 1 heterocycles. The molecule has 0 aliphatic rings. The first-order chi connectivity index (χ1) is 11.8. The molecule has 1 aromatic heterocycles. The van der Waals surface area contributed by atoms with E-state index in [1.807, 2.05) is 21.0 Å². The molecule has 134 valence electrons. The molecule has 1 atom stereocenters. The average molecular weight is 344 g/mol. The number of aromatic nitrogens is 2. The minimum absolute atomic E-state index is 0.0782. The zero-order valence-electron chi connectivity index (χ0n) is 15.0. The van der Waals surface area contributed by atoms with Crippen LogP contribution in [0.25, 0.3) is 0 Å². The minimum Gasteiger partial charge on any atom is -0.508 e. The Balaban J connectivity index is 2.18. The van der Waals surface area contributed by atoms with Gasteiger partial charge in [-0.05, 0) is 31.5 Å². The Morgan fingerprint density at radius 2 is 2.04 bits per heavy atom. The van der Waals surface area contributed by atoms with Gasteiger partial charge in [-0.1, -0.05) is 12.1 Å². The second-order valence-electron chi connectivity index (χ2n) is 6.02. The van der Waals surface area contributed by atoms with Crippen LogP contribution in [0.3, 0.4) is 0 Å². The highest BCUT2D eigenvalue weighted by Crippen LogP contribution is 2.20. The number of anilines is 1. The summed E-state index contributed by atoms with van der Waals surface area (Å²) in [5.74, 6) is 0.385. The number of hydrogen-bond donors (Lipinski definition) is 2. The Hall–Kier alpha value is -2.67. The van der Waals surface area contributed by atoms with Crippen molar-refractivity contribution in [1.29, 1.82) is 0 Å². The first-order valence-electron chi connectivity index (χ1n) is 8.10. The summed E-state index contributed by atoms with van der Waals surface area (Å²) in [6, 6.07) is 6.39. The van der Waals surface area contributed by atoms with Crippen LogP contribution in [0.1, 0.15) is 34.6 Å². The fourth-order valence-electron chi connectivity index (χ4n) is 2.45. The molecule has 0 aliphatic heterocycles. The van der Waals surface area contributed by atoms with Gasteiger partial charge in [0, 0.05) is 26.8 Å². The van der Waals surface area contributed by atoms with E-state index in [0.717, 1.165) is 0 Å². The number of carbonyl (C=O) groups excluding carboxylic acids is 1. The fraction of sp³-hybridized carbons (Fsp3) is 0.389. The van der Waals surface area contributed by atoms with Crippen molar-refractivity contribution in [3.05, 3.63) is 47.3 Å². The number of benzene rings is 1. The van der Waals surface area contributed by atoms with E-state index in [4.69, 9.17) is 0 Å². The lowest BCUT2D eigenvalue weighted by Crippen LogP contribution is -2.35. The van der Waals surface area contributed by atoms with Crippen LogP contribution in [-0.4, -0.2) is 58.2 Å². The van der Waals surface area contributed by atoms with Gasteiger partial charge in [-0.2, -0.15) is 0 Å². The average Bonchev–Trinajstić information content (AvgIpc) is 2.58. The molecule has 0 aliphatic carbocycles. The van der Waals surface area contributed by atoms with E-state index in [-0.39, 0.29) is 18.2 Å². The van der Waals surface area contributed by atoms with Gasteiger partial charge in [0.25, 0.3) is 5.91 Å². The van der Waals surface area contributed by atoms with Crippen LogP contribution in [0.15, 0.2) is 30.5 Å². The van der Waals surface area contributed by atoms with Crippen molar-refractivity contribution in [2.75, 3.05) is 32.1 Å². The number of likely N-dealkylation sites (N-methyl/N-ethyl adjacent to an activating group) is 1. The SMILES string of the molecule is CCN(C[C@H](O)c1cccc(O)c1)C(=O)c1cnc(N(C)C)nc1C. The molecule has 0 fully saturated rings. The maximum Gasteiger partial charge on any atom is 0.257 e. The lowest BCUT2D eigenvalue weighted by molar-refractivity contribution is 0.0633. The quantitative estimate of drug-likeness (QED) is 0.830. The third-order valence-corrected chi connectivity index (χ3v) is 3.91. The van der Waals surface area contributed by atoms with Gasteiger partial charge >= 0.3 is 0 Å². The molecular formula is C18H24N4O3. The van der Waals surface area contributed by atoms with Crippen LogP contribution in [0.2, 0.25) is 0 Å². The summed E-state index contributed by atoms with van der Waals surface area (Å²) >= 11 is 0. The fourth-order valence-corrected chi connectivity index (χ4v) is 2.45. The highest BCUT2D eigenvalue weighted by atomic mass is 16.3. The molecule has 0 radical (unpaired) electrons. The van der Waals surface area contributed by atoms with Crippen molar-refractivity contribution in [2.45, 2.75) is 20.0 Å². The standard InChI is InChI=1S/C18H24N4O3/c1-5-22(11-16(24)13-7-6-8-14(23)9-13)17(25)15-10-19-18(21(3)4)20-12(15)2/h6-10,16,23-24H,5,11H2,1-4H3/t16-/m0/s1. The molecular weight excluding hydrogens is 320 g/mol. The van der Waals surface area contributed by atoms with E-state index < -0.39 is 6.10 Å². The molecule has 25 heavy (non-hydrogen) atoms. The second-order valence-corrected chi connectivity index (χ2v) is 6.02. The number of aromatic hydroxyl groups is 1. The van der Waals surface area contributed by atoms with E-state index >= 15 is 0 Å². The third kappa shape index (κ3) is 4.45. The Kier molecular flexibility index (Phi) is 5.93. The number of amides is 1. The molecule has 0 unspecified atom stereocenters. The maximum absolute atomic E-state index is 12.8. The minimum atomic E-state index is -0.890. The maximum atomic E-state index is 12.8. The van der Waals surface area contributed by atoms with E-state index in [1.165, 1.54) is 23.2 Å². The van der Waals surface area contributed by atoms with E-state index in [2.05, 4.69) is 9.97 Å². The van der Waals surface area contributed by atoms with Crippen molar-refractivity contribution >= 4 is 11.9 Å². The Morgan fingerprint density at radius 3 is 2.60 bits per heavy atom. The van der Waals surface area contributed by atoms with Crippen LogP contribution < -0.4 is 4.90 Å². The van der Waals surface area contributed by atoms with Crippen molar-refractivity contribution in [3.63, 3.8) is 0 Å². The van der Waals surface area contributed by atoms with Crippen molar-refractivity contribution in [2.24, 2.45) is 0 Å². The topological polar surface area (TPSA) is 89.8 Å². The van der Waals surface area contributed by atoms with Gasteiger partial charge in [0.15, 0.2) is 0 Å². The van der Waals surface area contributed by atoms with Crippen LogP contribution in [0.5, 0.6) is 5.75 Å². The number of phenols is 1. The number of nitrogens with zero attached hydrogens (tertiary/aromatic N) is 4. The molecule has 2 N–H and O–H groups in total. The molecule has 1 amide bonds. The van der Waals surface area contributed by atoms with Gasteiger partial charge in [0.1, 0.15) is 5.75 Å². The van der Waals surface area contributed by atoms with Gasteiger partial charge < -0.3 is 20.0 Å². The summed E-state index contributed by atoms with van der Waals surface area (Å²) in [7, 11) is 3.67. The molecule has 0 spiro atoms. The van der Waals surface area contributed by atoms with E-state index in [0.29, 0.717) is 29.3 Å². The van der Waals surface area contributed by atoms with Gasteiger partial charge in [0.2, 0.25) is 5.95 Å². The molecule has 0 saturated heterocycles. The Labute approximate surface area is 147 Å². The van der Waals surface area contributed by atoms with Crippen molar-refractivity contribution in [3.8, 4) is 5.75 Å². The van der Waals surface area contributed by atoms with Gasteiger partial charge in [-0.15, -0.1) is 0 Å². The van der Waals surface area contributed by atoms with Gasteiger partial charge in [-0.3, -0.25) is 4.79 Å². The lowest BCUT2D eigenvalue weighted by Gasteiger charge is -2.25. The second kappa shape index (κ2) is 7.94. The lowest BCUT2D eigenvalue weighted by atomic mass is 10.1. The molecule has 0 saturated carbocycles. The predicted octanol–water partition coefficient (Wildman–Crippen LogP) is 1.75. The Morgan fingerprint density at radius 1 is 1.32 bits per heavy atom. The molecule has 7 heteroatoms. The summed E-state index contributed by atoms with van der Waals surface area (Å²) in [5, 5.41) is 19.9. The zero-order chi connectivity index (χ0) is 18.6. The van der Waals surface area contributed by atoms with Crippen LogP contribution in [0, 0.1) is 6.92 Å². The molecule has 2 aromatic rings. The molecule has 1 aromatic carbocycles. The number of aliphatic hydroxyl groups is 1.